The molecule has 8 rings (SSSR count). The zero-order chi connectivity index (χ0) is 41.2. The number of carbonyl (C=O) groups excluding carboxylic acids is 3. The van der Waals surface area contributed by atoms with Gasteiger partial charge < -0.3 is 49.1 Å². The zero-order valence-corrected chi connectivity index (χ0v) is 35.3. The third-order valence-electron chi connectivity index (χ3n) is 11.6. The van der Waals surface area contributed by atoms with E-state index in [2.05, 4.69) is 21.3 Å². The van der Waals surface area contributed by atoms with Crippen molar-refractivity contribution in [3.05, 3.63) is 118 Å². The van der Waals surface area contributed by atoms with E-state index in [-0.39, 0.29) is 99.5 Å². The van der Waals surface area contributed by atoms with E-state index in [1.165, 1.54) is 48.5 Å². The number of fused-ring (bicyclic) bond motifs is 2. The van der Waals surface area contributed by atoms with Gasteiger partial charge in [0.05, 0.1) is 17.5 Å². The van der Waals surface area contributed by atoms with E-state index in [9.17, 15) is 37.1 Å². The number of benzene rings is 4. The van der Waals surface area contributed by atoms with Crippen LogP contribution in [0.2, 0.25) is 0 Å². The number of aliphatic hydroxyl groups excluding tert-OH is 1. The van der Waals surface area contributed by atoms with Gasteiger partial charge in [0.2, 0.25) is 0 Å². The summed E-state index contributed by atoms with van der Waals surface area (Å²) in [4.78, 5) is 40.9. The number of Topliss-reactive ketones (excluding diaryl/α,β-unsaturated/α-hetero) is 1. The molecule has 3 radical (unpaired) electrons. The third-order valence-corrected chi connectivity index (χ3v) is 11.6. The predicted molar refractivity (Wildman–Crippen MR) is 219 cm³/mol. The van der Waals surface area contributed by atoms with Crippen LogP contribution < -0.4 is 62.3 Å². The van der Waals surface area contributed by atoms with Gasteiger partial charge in [0, 0.05) is 94.1 Å². The summed E-state index contributed by atoms with van der Waals surface area (Å²) in [6, 6.07) is 16.9. The van der Waals surface area contributed by atoms with Gasteiger partial charge >= 0.3 is 41.6 Å². The maximum atomic E-state index is 13.5. The van der Waals surface area contributed by atoms with Gasteiger partial charge in [-0.2, -0.15) is 0 Å². The molecule has 0 saturated carbocycles. The number of carbonyl (C=O) groups is 3. The molecule has 1 unspecified atom stereocenters. The number of nitrogen functional groups attached to an aromatic ring is 2. The van der Waals surface area contributed by atoms with E-state index in [4.69, 9.17) is 11.5 Å². The maximum absolute atomic E-state index is 13.5. The number of amides is 4. The molecule has 0 aliphatic carbocycles. The summed E-state index contributed by atoms with van der Waals surface area (Å²) < 4.78 is 53.4. The summed E-state index contributed by atoms with van der Waals surface area (Å²) in [5, 5.41) is 23.0. The van der Waals surface area contributed by atoms with Crippen molar-refractivity contribution in [2.45, 2.75) is 68.8 Å². The maximum Gasteiger partial charge on any atom is 1.00 e. The van der Waals surface area contributed by atoms with Gasteiger partial charge in [-0.1, -0.05) is 12.1 Å². The van der Waals surface area contributed by atoms with Crippen LogP contribution in [0.4, 0.5) is 49.9 Å². The van der Waals surface area contributed by atoms with Crippen molar-refractivity contribution in [2.75, 3.05) is 48.3 Å². The summed E-state index contributed by atoms with van der Waals surface area (Å²) in [7, 11) is 0. The number of nitrogens with two attached hydrogens (primary N) is 2. The number of nitrogens with zero attached hydrogens (tertiary/aromatic N) is 2. The van der Waals surface area contributed by atoms with Crippen LogP contribution in [-0.2, 0) is 13.1 Å². The quantitative estimate of drug-likeness (QED) is 0.0932. The number of hydrogen-bond donors (Lipinski definition) is 7. The van der Waals surface area contributed by atoms with Crippen molar-refractivity contribution in [3.63, 3.8) is 0 Å². The Morgan fingerprint density at radius 3 is 1.70 bits per heavy atom. The van der Waals surface area contributed by atoms with Crippen molar-refractivity contribution < 1.29 is 68.0 Å². The average molecular weight is 838 g/mol. The monoisotopic (exact) mass is 837 g/mol. The Bertz CT molecular complexity index is 2230. The average Bonchev–Trinajstić information content (AvgIpc) is 3.20. The number of ketones is 1. The molecule has 4 aliphatic heterocycles. The Hall–Kier alpha value is -4.97. The smallest absolute Gasteiger partial charge is 1.00 e. The van der Waals surface area contributed by atoms with Gasteiger partial charge in [-0.3, -0.25) is 4.79 Å². The van der Waals surface area contributed by atoms with Gasteiger partial charge in [0.25, 0.3) is 0 Å². The number of halogens is 4. The van der Waals surface area contributed by atoms with Gasteiger partial charge in [-0.25, -0.2) is 27.2 Å². The van der Waals surface area contributed by atoms with E-state index < -0.39 is 29.1 Å². The van der Waals surface area contributed by atoms with Crippen LogP contribution in [0.5, 0.6) is 0 Å². The molecule has 4 amide bonds. The van der Waals surface area contributed by atoms with Crippen LogP contribution in [0.3, 0.4) is 0 Å². The van der Waals surface area contributed by atoms with Crippen LogP contribution in [0.15, 0.2) is 72.8 Å². The SMILES string of the molecule is Nc1cc(CNC(=O)N2CCC3(CC2)CC(=O)c2cc(F)ccc2N3)ccc1F.Nc1cc(CNC(=O)N2CCC3(CC2)CC(O)c2cc(F)ccc2N3)ccc1F.[B].[H-].[Na+]. The number of likely N-dealkylation sites (tertiary alicyclic amines) is 2. The van der Waals surface area contributed by atoms with E-state index in [1.54, 1.807) is 34.1 Å². The molecule has 4 aromatic rings. The Kier molecular flexibility index (Phi) is 14.7. The molecule has 311 valence electrons. The standard InChI is InChI=1S/C21H24F2N4O2.C21H22F2N4O2.B.Na.H/c2*22-14-2-4-18-15(10-14)19(28)11-21(26-18)5-7-27(8-6-21)20(29)25-12-13-1-3-16(23)17(24)9-13;;;/h1-4,9-10,19,26,28H,5-8,11-12,24H2,(H,25,29);1-4,9-10,26H,5-8,11-12,24H2,(H,25,29);;;/q;;;+1;-1. The first-order valence-electron chi connectivity index (χ1n) is 19.2. The largest absolute Gasteiger partial charge is 1.00 e. The first-order valence-corrected chi connectivity index (χ1v) is 19.2. The van der Waals surface area contributed by atoms with Crippen LogP contribution >= 0.6 is 0 Å². The van der Waals surface area contributed by atoms with Crippen LogP contribution in [0.25, 0.3) is 0 Å². The number of hydrogen-bond acceptors (Lipinski definition) is 8. The second-order valence-corrected chi connectivity index (χ2v) is 15.6. The molecule has 9 N–H and O–H groups in total. The molecule has 0 bridgehead atoms. The fourth-order valence-electron chi connectivity index (χ4n) is 8.22. The van der Waals surface area contributed by atoms with Gasteiger partial charge in [-0.05, 0) is 97.5 Å². The molecule has 60 heavy (non-hydrogen) atoms. The van der Waals surface area contributed by atoms with Gasteiger partial charge in [0.15, 0.2) is 5.78 Å². The number of nitrogens with one attached hydrogen (secondary N) is 4. The summed E-state index contributed by atoms with van der Waals surface area (Å²) in [6.45, 7) is 2.57. The van der Waals surface area contributed by atoms with Crippen LogP contribution in [0, 0.1) is 23.3 Å². The summed E-state index contributed by atoms with van der Waals surface area (Å²) in [5.74, 6) is -1.84. The third kappa shape index (κ3) is 10.5. The molecule has 2 saturated heterocycles. The number of aliphatic hydroxyl groups is 1. The number of urea groups is 2. The molecule has 2 fully saturated rings. The number of anilines is 4. The molecular weight excluding hydrogens is 790 g/mol. The Morgan fingerprint density at radius 2 is 1.18 bits per heavy atom. The fraction of sp³-hybridized carbons (Fsp3) is 0.357. The van der Waals surface area contributed by atoms with E-state index in [0.717, 1.165) is 11.3 Å². The van der Waals surface area contributed by atoms with Crippen molar-refractivity contribution in [1.82, 2.24) is 20.4 Å². The Balaban J connectivity index is 0.000000256. The summed E-state index contributed by atoms with van der Waals surface area (Å²) in [5.41, 5.74) is 14.3. The second-order valence-electron chi connectivity index (χ2n) is 15.6. The predicted octanol–water partition coefficient (Wildman–Crippen LogP) is 3.17. The number of piperidine rings is 2. The van der Waals surface area contributed by atoms with Gasteiger partial charge in [0.1, 0.15) is 23.3 Å². The molecular formula is C42H47BF4N8NaO4. The first-order chi connectivity index (χ1) is 27.7. The number of rotatable bonds is 4. The Morgan fingerprint density at radius 1 is 0.717 bits per heavy atom. The summed E-state index contributed by atoms with van der Waals surface area (Å²) >= 11 is 0. The molecule has 4 aliphatic rings. The topological polar surface area (TPSA) is 178 Å². The molecule has 4 aromatic carbocycles. The first kappa shape index (κ1) is 46.1. The van der Waals surface area contributed by atoms with Crippen molar-refractivity contribution in [1.29, 1.82) is 0 Å². The van der Waals surface area contributed by atoms with E-state index in [0.29, 0.717) is 80.7 Å². The van der Waals surface area contributed by atoms with Crippen LogP contribution in [0.1, 0.15) is 73.1 Å². The van der Waals surface area contributed by atoms with Crippen LogP contribution in [-0.4, -0.2) is 78.4 Å². The normalized spacial score (nSPS) is 18.2. The van der Waals surface area contributed by atoms with E-state index in [1.807, 2.05) is 0 Å². The van der Waals surface area contributed by atoms with Crippen molar-refractivity contribution in [3.8, 4) is 0 Å². The molecule has 18 heteroatoms. The van der Waals surface area contributed by atoms with Crippen molar-refractivity contribution >= 4 is 49.0 Å². The second kappa shape index (κ2) is 19.2. The minimum atomic E-state index is -0.730. The van der Waals surface area contributed by atoms with Crippen molar-refractivity contribution in [2.24, 2.45) is 0 Å². The van der Waals surface area contributed by atoms with E-state index >= 15 is 0 Å². The molecule has 2 spiro atoms. The fourth-order valence-corrected chi connectivity index (χ4v) is 8.22. The molecule has 4 heterocycles. The Labute approximate surface area is 371 Å². The van der Waals surface area contributed by atoms with Gasteiger partial charge in [-0.15, -0.1) is 0 Å². The summed E-state index contributed by atoms with van der Waals surface area (Å²) in [6.07, 6.45) is 2.63. The zero-order valence-electron chi connectivity index (χ0n) is 34.3. The molecule has 12 nitrogen and oxygen atoms in total. The molecule has 1 atom stereocenters. The minimum absolute atomic E-state index is 0. The minimum Gasteiger partial charge on any atom is -1.00 e. The molecule has 0 aromatic heterocycles.